The standard InChI is InChI=1S/C15H25N3O2S/c1-11-8-14(16-3)9-12(2)15(11)21(19,20)17-13-6-5-7-18(4)10-13/h8-9,13,16-17H,5-7,10H2,1-4H3. The fourth-order valence-corrected chi connectivity index (χ4v) is 4.77. The molecule has 6 heteroatoms. The minimum absolute atomic E-state index is 0.00322. The summed E-state index contributed by atoms with van der Waals surface area (Å²) >= 11 is 0. The SMILES string of the molecule is CNc1cc(C)c(S(=O)(=O)NC2CCCN(C)C2)c(C)c1. The van der Waals surface area contributed by atoms with Crippen molar-refractivity contribution in [3.05, 3.63) is 23.3 Å². The molecule has 0 saturated carbocycles. The molecule has 1 fully saturated rings. The molecule has 1 atom stereocenters. The van der Waals surface area contributed by atoms with Gasteiger partial charge in [-0.15, -0.1) is 0 Å². The summed E-state index contributed by atoms with van der Waals surface area (Å²) in [6.07, 6.45) is 1.93. The van der Waals surface area contributed by atoms with Crippen molar-refractivity contribution in [3.8, 4) is 0 Å². The van der Waals surface area contributed by atoms with Crippen molar-refractivity contribution in [2.45, 2.75) is 37.6 Å². The number of anilines is 1. The van der Waals surface area contributed by atoms with Gasteiger partial charge in [0.25, 0.3) is 0 Å². The average Bonchev–Trinajstić information content (AvgIpc) is 2.36. The Morgan fingerprint density at radius 1 is 1.24 bits per heavy atom. The first kappa shape index (κ1) is 16.3. The third-order valence-electron chi connectivity index (χ3n) is 3.96. The molecule has 0 bridgehead atoms. The number of aryl methyl sites for hydroxylation is 2. The van der Waals surface area contributed by atoms with Crippen LogP contribution in [0.15, 0.2) is 17.0 Å². The molecule has 21 heavy (non-hydrogen) atoms. The Morgan fingerprint density at radius 3 is 2.38 bits per heavy atom. The summed E-state index contributed by atoms with van der Waals surface area (Å²) in [5, 5.41) is 3.05. The summed E-state index contributed by atoms with van der Waals surface area (Å²) in [6.45, 7) is 5.49. The predicted octanol–water partition coefficient (Wildman–Crippen LogP) is 1.72. The zero-order valence-electron chi connectivity index (χ0n) is 13.2. The van der Waals surface area contributed by atoms with Crippen molar-refractivity contribution in [1.29, 1.82) is 0 Å². The molecule has 5 nitrogen and oxygen atoms in total. The first-order valence-electron chi connectivity index (χ1n) is 7.33. The lowest BCUT2D eigenvalue weighted by molar-refractivity contribution is 0.242. The van der Waals surface area contributed by atoms with Crippen LogP contribution >= 0.6 is 0 Å². The van der Waals surface area contributed by atoms with Gasteiger partial charge in [0, 0.05) is 25.3 Å². The summed E-state index contributed by atoms with van der Waals surface area (Å²) in [6, 6.07) is 3.74. The highest BCUT2D eigenvalue weighted by molar-refractivity contribution is 7.89. The van der Waals surface area contributed by atoms with Crippen LogP contribution in [0.3, 0.4) is 0 Å². The van der Waals surface area contributed by atoms with Crippen molar-refractivity contribution < 1.29 is 8.42 Å². The molecule has 1 unspecified atom stereocenters. The molecule has 0 aliphatic carbocycles. The van der Waals surface area contributed by atoms with Crippen LogP contribution in [0, 0.1) is 13.8 Å². The molecule has 0 aromatic heterocycles. The highest BCUT2D eigenvalue weighted by Crippen LogP contribution is 2.25. The summed E-state index contributed by atoms with van der Waals surface area (Å²) in [5.41, 5.74) is 2.48. The molecule has 1 heterocycles. The van der Waals surface area contributed by atoms with Gasteiger partial charge in [-0.1, -0.05) is 0 Å². The van der Waals surface area contributed by atoms with E-state index in [0.717, 1.165) is 42.7 Å². The van der Waals surface area contributed by atoms with Crippen molar-refractivity contribution in [2.75, 3.05) is 32.5 Å². The van der Waals surface area contributed by atoms with E-state index in [0.29, 0.717) is 4.90 Å². The maximum atomic E-state index is 12.7. The van der Waals surface area contributed by atoms with Gasteiger partial charge in [0.2, 0.25) is 10.0 Å². The van der Waals surface area contributed by atoms with Crippen molar-refractivity contribution in [2.24, 2.45) is 0 Å². The fourth-order valence-electron chi connectivity index (χ4n) is 3.06. The van der Waals surface area contributed by atoms with Crippen LogP contribution in [-0.4, -0.2) is 46.5 Å². The minimum Gasteiger partial charge on any atom is -0.388 e. The molecule has 118 valence electrons. The summed E-state index contributed by atoms with van der Waals surface area (Å²) < 4.78 is 28.3. The van der Waals surface area contributed by atoms with Gasteiger partial charge in [-0.3, -0.25) is 0 Å². The third-order valence-corrected chi connectivity index (χ3v) is 5.79. The number of hydrogen-bond donors (Lipinski definition) is 2. The summed E-state index contributed by atoms with van der Waals surface area (Å²) in [4.78, 5) is 2.58. The van der Waals surface area contributed by atoms with E-state index in [4.69, 9.17) is 0 Å². The first-order chi connectivity index (χ1) is 9.83. The van der Waals surface area contributed by atoms with Crippen molar-refractivity contribution >= 4 is 15.7 Å². The number of piperidine rings is 1. The zero-order valence-corrected chi connectivity index (χ0v) is 14.0. The summed E-state index contributed by atoms with van der Waals surface area (Å²) in [5.74, 6) is 0. The van der Waals surface area contributed by atoms with Crippen LogP contribution < -0.4 is 10.0 Å². The van der Waals surface area contributed by atoms with Crippen molar-refractivity contribution in [3.63, 3.8) is 0 Å². The molecule has 1 aromatic rings. The molecule has 1 aromatic carbocycles. The van der Waals surface area contributed by atoms with Gasteiger partial charge in [0.05, 0.1) is 4.90 Å². The van der Waals surface area contributed by atoms with Gasteiger partial charge in [-0.05, 0) is 63.5 Å². The van der Waals surface area contributed by atoms with Gasteiger partial charge in [-0.25, -0.2) is 13.1 Å². The fraction of sp³-hybridized carbons (Fsp3) is 0.600. The van der Waals surface area contributed by atoms with Crippen LogP contribution in [0.4, 0.5) is 5.69 Å². The first-order valence-corrected chi connectivity index (χ1v) is 8.81. The van der Waals surface area contributed by atoms with E-state index in [-0.39, 0.29) is 6.04 Å². The van der Waals surface area contributed by atoms with E-state index in [1.807, 2.05) is 40.1 Å². The second kappa shape index (κ2) is 6.34. The molecule has 0 spiro atoms. The minimum atomic E-state index is -3.47. The number of likely N-dealkylation sites (N-methyl/N-ethyl adjacent to an activating group) is 1. The lowest BCUT2D eigenvalue weighted by Crippen LogP contribution is -2.46. The van der Waals surface area contributed by atoms with E-state index < -0.39 is 10.0 Å². The normalized spacial score (nSPS) is 20.5. The van der Waals surface area contributed by atoms with E-state index in [2.05, 4.69) is 14.9 Å². The van der Waals surface area contributed by atoms with E-state index in [1.54, 1.807) is 0 Å². The van der Waals surface area contributed by atoms with E-state index >= 15 is 0 Å². The smallest absolute Gasteiger partial charge is 0.241 e. The number of likely N-dealkylation sites (tertiary alicyclic amines) is 1. The molecular weight excluding hydrogens is 286 g/mol. The second-order valence-electron chi connectivity index (χ2n) is 5.91. The Labute approximate surface area is 127 Å². The predicted molar refractivity (Wildman–Crippen MR) is 86.3 cm³/mol. The highest BCUT2D eigenvalue weighted by Gasteiger charge is 2.26. The van der Waals surface area contributed by atoms with Gasteiger partial charge in [0.1, 0.15) is 0 Å². The molecular formula is C15H25N3O2S. The Bertz CT molecular complexity index is 590. The molecule has 2 rings (SSSR count). The summed E-state index contributed by atoms with van der Waals surface area (Å²) in [7, 11) is 0.384. The molecule has 0 radical (unpaired) electrons. The molecule has 0 amide bonds. The quantitative estimate of drug-likeness (QED) is 0.889. The van der Waals surface area contributed by atoms with Gasteiger partial charge in [-0.2, -0.15) is 0 Å². The number of benzene rings is 1. The lowest BCUT2D eigenvalue weighted by Gasteiger charge is -2.30. The molecule has 1 aliphatic rings. The number of nitrogens with zero attached hydrogens (tertiary/aromatic N) is 1. The number of sulfonamides is 1. The van der Waals surface area contributed by atoms with Crippen LogP contribution in [0.1, 0.15) is 24.0 Å². The number of nitrogens with one attached hydrogen (secondary N) is 2. The molecule has 2 N–H and O–H groups in total. The molecule has 1 aliphatic heterocycles. The Balaban J connectivity index is 2.27. The monoisotopic (exact) mass is 311 g/mol. The largest absolute Gasteiger partial charge is 0.388 e. The Hall–Kier alpha value is -1.11. The van der Waals surface area contributed by atoms with E-state index in [9.17, 15) is 8.42 Å². The molecule has 1 saturated heterocycles. The average molecular weight is 311 g/mol. The Morgan fingerprint density at radius 2 is 1.86 bits per heavy atom. The third kappa shape index (κ3) is 3.75. The maximum Gasteiger partial charge on any atom is 0.241 e. The van der Waals surface area contributed by atoms with Crippen LogP contribution in [0.25, 0.3) is 0 Å². The Kier molecular flexibility index (Phi) is 4.91. The zero-order chi connectivity index (χ0) is 15.6. The second-order valence-corrected chi connectivity index (χ2v) is 7.56. The maximum absolute atomic E-state index is 12.7. The highest BCUT2D eigenvalue weighted by atomic mass is 32.2. The van der Waals surface area contributed by atoms with Crippen LogP contribution in [0.2, 0.25) is 0 Å². The van der Waals surface area contributed by atoms with E-state index in [1.165, 1.54) is 0 Å². The lowest BCUT2D eigenvalue weighted by atomic mass is 10.1. The number of rotatable bonds is 4. The van der Waals surface area contributed by atoms with Crippen molar-refractivity contribution in [1.82, 2.24) is 9.62 Å². The van der Waals surface area contributed by atoms with Gasteiger partial charge < -0.3 is 10.2 Å². The van der Waals surface area contributed by atoms with Gasteiger partial charge >= 0.3 is 0 Å². The number of hydrogen-bond acceptors (Lipinski definition) is 4. The van der Waals surface area contributed by atoms with Gasteiger partial charge in [0.15, 0.2) is 0 Å². The topological polar surface area (TPSA) is 61.4 Å². The van der Waals surface area contributed by atoms with Crippen LogP contribution in [0.5, 0.6) is 0 Å². The van der Waals surface area contributed by atoms with Crippen LogP contribution in [-0.2, 0) is 10.0 Å².